The molecule has 128 valence electrons. The summed E-state index contributed by atoms with van der Waals surface area (Å²) in [6, 6.07) is 10.8. The largest absolute Gasteiger partial charge is 0.394 e. The highest BCUT2D eigenvalue weighted by Crippen LogP contribution is 2.32. The fourth-order valence-electron chi connectivity index (χ4n) is 3.08. The van der Waals surface area contributed by atoms with Crippen LogP contribution in [0.25, 0.3) is 0 Å². The molecule has 1 saturated carbocycles. The van der Waals surface area contributed by atoms with Crippen molar-refractivity contribution in [2.24, 2.45) is 0 Å². The number of urea groups is 1. The smallest absolute Gasteiger partial charge is 0.315 e. The Kier molecular flexibility index (Phi) is 7.90. The van der Waals surface area contributed by atoms with E-state index < -0.39 is 0 Å². The third kappa shape index (κ3) is 6.59. The maximum absolute atomic E-state index is 11.8. The monoisotopic (exact) mass is 320 g/mol. The Bertz CT molecular complexity index is 445. The zero-order valence-electron chi connectivity index (χ0n) is 13.7. The van der Waals surface area contributed by atoms with Crippen molar-refractivity contribution >= 4 is 6.03 Å². The average Bonchev–Trinajstić information content (AvgIpc) is 2.59. The molecule has 2 amide bonds. The number of amides is 2. The zero-order chi connectivity index (χ0) is 16.3. The lowest BCUT2D eigenvalue weighted by Gasteiger charge is -2.29. The van der Waals surface area contributed by atoms with Crippen molar-refractivity contribution in [2.75, 3.05) is 26.4 Å². The molecule has 3 N–H and O–H groups in total. The first-order valence-corrected chi connectivity index (χ1v) is 8.57. The summed E-state index contributed by atoms with van der Waals surface area (Å²) >= 11 is 0. The van der Waals surface area contributed by atoms with Crippen molar-refractivity contribution in [3.05, 3.63) is 35.9 Å². The van der Waals surface area contributed by atoms with Crippen molar-refractivity contribution in [1.82, 2.24) is 10.6 Å². The van der Waals surface area contributed by atoms with Crippen molar-refractivity contribution in [3.63, 3.8) is 0 Å². The summed E-state index contributed by atoms with van der Waals surface area (Å²) in [5.74, 6) is 0.626. The number of aliphatic hydroxyl groups is 1. The molecule has 0 saturated heterocycles. The summed E-state index contributed by atoms with van der Waals surface area (Å²) in [5.41, 5.74) is 1.42. The molecule has 2 rings (SSSR count). The lowest BCUT2D eigenvalue weighted by atomic mass is 9.82. The Hall–Kier alpha value is -1.59. The number of carbonyl (C=O) groups is 1. The summed E-state index contributed by atoms with van der Waals surface area (Å²) in [6.07, 6.45) is 5.08. The van der Waals surface area contributed by atoms with E-state index in [0.717, 1.165) is 32.1 Å². The van der Waals surface area contributed by atoms with Gasteiger partial charge in [0.1, 0.15) is 0 Å². The minimum Gasteiger partial charge on any atom is -0.394 e. The van der Waals surface area contributed by atoms with Crippen LogP contribution in [0.4, 0.5) is 4.79 Å². The highest BCUT2D eigenvalue weighted by molar-refractivity contribution is 5.74. The molecule has 0 bridgehead atoms. The number of benzene rings is 1. The van der Waals surface area contributed by atoms with Gasteiger partial charge in [-0.1, -0.05) is 30.3 Å². The maximum Gasteiger partial charge on any atom is 0.315 e. The fraction of sp³-hybridized carbons (Fsp3) is 0.611. The Morgan fingerprint density at radius 3 is 2.57 bits per heavy atom. The molecule has 0 unspecified atom stereocenters. The van der Waals surface area contributed by atoms with Gasteiger partial charge >= 0.3 is 6.03 Å². The normalized spacial score (nSPS) is 20.9. The molecule has 1 aromatic carbocycles. The topological polar surface area (TPSA) is 70.6 Å². The summed E-state index contributed by atoms with van der Waals surface area (Å²) in [7, 11) is 0. The third-order valence-corrected chi connectivity index (χ3v) is 4.32. The SMILES string of the molecule is O=C(NCCCOCCO)NC1CCC(c2ccccc2)CC1. The van der Waals surface area contributed by atoms with Crippen LogP contribution >= 0.6 is 0 Å². The number of aliphatic hydroxyl groups excluding tert-OH is 1. The van der Waals surface area contributed by atoms with Crippen LogP contribution in [-0.4, -0.2) is 43.5 Å². The molecule has 1 aromatic rings. The first-order chi connectivity index (χ1) is 11.3. The summed E-state index contributed by atoms with van der Waals surface area (Å²) < 4.78 is 5.15. The average molecular weight is 320 g/mol. The maximum atomic E-state index is 11.8. The lowest BCUT2D eigenvalue weighted by molar-refractivity contribution is 0.0909. The number of nitrogens with one attached hydrogen (secondary N) is 2. The number of ether oxygens (including phenoxy) is 1. The van der Waals surface area contributed by atoms with Gasteiger partial charge in [0.25, 0.3) is 0 Å². The Morgan fingerprint density at radius 2 is 1.87 bits per heavy atom. The minimum atomic E-state index is -0.0877. The van der Waals surface area contributed by atoms with Crippen LogP contribution in [0, 0.1) is 0 Å². The quantitative estimate of drug-likeness (QED) is 0.644. The Morgan fingerprint density at radius 1 is 1.13 bits per heavy atom. The molecular formula is C18H28N2O3. The van der Waals surface area contributed by atoms with E-state index in [2.05, 4.69) is 41.0 Å². The van der Waals surface area contributed by atoms with Gasteiger partial charge in [0.15, 0.2) is 0 Å². The lowest BCUT2D eigenvalue weighted by Crippen LogP contribution is -2.43. The van der Waals surface area contributed by atoms with Crippen LogP contribution in [0.5, 0.6) is 0 Å². The van der Waals surface area contributed by atoms with E-state index in [-0.39, 0.29) is 18.7 Å². The number of hydrogen-bond acceptors (Lipinski definition) is 3. The van der Waals surface area contributed by atoms with Crippen molar-refractivity contribution < 1.29 is 14.6 Å². The van der Waals surface area contributed by atoms with Gasteiger partial charge < -0.3 is 20.5 Å². The predicted octanol–water partition coefficient (Wildman–Crippen LogP) is 2.41. The fourth-order valence-corrected chi connectivity index (χ4v) is 3.08. The van der Waals surface area contributed by atoms with Gasteiger partial charge in [0, 0.05) is 19.2 Å². The van der Waals surface area contributed by atoms with E-state index in [9.17, 15) is 4.79 Å². The molecule has 0 spiro atoms. The van der Waals surface area contributed by atoms with Crippen LogP contribution in [0.15, 0.2) is 30.3 Å². The van der Waals surface area contributed by atoms with Crippen LogP contribution in [0.2, 0.25) is 0 Å². The first kappa shape index (κ1) is 17.8. The van der Waals surface area contributed by atoms with Gasteiger partial charge in [-0.05, 0) is 43.6 Å². The van der Waals surface area contributed by atoms with E-state index in [1.54, 1.807) is 0 Å². The zero-order valence-corrected chi connectivity index (χ0v) is 13.7. The van der Waals surface area contributed by atoms with Crippen LogP contribution in [-0.2, 0) is 4.74 Å². The Balaban J connectivity index is 1.58. The van der Waals surface area contributed by atoms with Crippen molar-refractivity contribution in [2.45, 2.75) is 44.1 Å². The molecule has 0 aromatic heterocycles. The van der Waals surface area contributed by atoms with Crippen LogP contribution in [0.3, 0.4) is 0 Å². The van der Waals surface area contributed by atoms with Gasteiger partial charge in [0.2, 0.25) is 0 Å². The van der Waals surface area contributed by atoms with Gasteiger partial charge in [-0.15, -0.1) is 0 Å². The highest BCUT2D eigenvalue weighted by Gasteiger charge is 2.23. The van der Waals surface area contributed by atoms with Crippen molar-refractivity contribution in [3.8, 4) is 0 Å². The van der Waals surface area contributed by atoms with Crippen LogP contribution < -0.4 is 10.6 Å². The summed E-state index contributed by atoms with van der Waals surface area (Å²) in [4.78, 5) is 11.8. The highest BCUT2D eigenvalue weighted by atomic mass is 16.5. The number of carbonyl (C=O) groups excluding carboxylic acids is 1. The number of hydrogen-bond donors (Lipinski definition) is 3. The van der Waals surface area contributed by atoms with E-state index >= 15 is 0 Å². The second-order valence-electron chi connectivity index (χ2n) is 6.05. The molecule has 1 aliphatic rings. The second kappa shape index (κ2) is 10.2. The Labute approximate surface area is 138 Å². The van der Waals surface area contributed by atoms with E-state index in [1.807, 2.05) is 0 Å². The molecule has 1 fully saturated rings. The molecule has 0 heterocycles. The van der Waals surface area contributed by atoms with Gasteiger partial charge in [0.05, 0.1) is 13.2 Å². The second-order valence-corrected chi connectivity index (χ2v) is 6.05. The van der Waals surface area contributed by atoms with Crippen molar-refractivity contribution in [1.29, 1.82) is 0 Å². The predicted molar refractivity (Wildman–Crippen MR) is 90.5 cm³/mol. The van der Waals surface area contributed by atoms with Gasteiger partial charge in [-0.3, -0.25) is 0 Å². The molecule has 0 aliphatic heterocycles. The van der Waals surface area contributed by atoms with E-state index in [1.165, 1.54) is 5.56 Å². The summed E-state index contributed by atoms with van der Waals surface area (Å²) in [5, 5.41) is 14.5. The van der Waals surface area contributed by atoms with Gasteiger partial charge in [-0.25, -0.2) is 4.79 Å². The summed E-state index contributed by atoms with van der Waals surface area (Å²) in [6.45, 7) is 1.55. The molecule has 5 heteroatoms. The molecule has 23 heavy (non-hydrogen) atoms. The van der Waals surface area contributed by atoms with Gasteiger partial charge in [-0.2, -0.15) is 0 Å². The third-order valence-electron chi connectivity index (χ3n) is 4.32. The first-order valence-electron chi connectivity index (χ1n) is 8.57. The molecule has 1 aliphatic carbocycles. The molecule has 0 atom stereocenters. The molecule has 0 radical (unpaired) electrons. The molecular weight excluding hydrogens is 292 g/mol. The standard InChI is InChI=1S/C18H28N2O3/c21-12-14-23-13-4-11-19-18(22)20-17-9-7-16(8-10-17)15-5-2-1-3-6-15/h1-3,5-6,16-17,21H,4,7-14H2,(H2,19,20,22). The van der Waals surface area contributed by atoms with Crippen LogP contribution in [0.1, 0.15) is 43.6 Å². The minimum absolute atomic E-state index is 0.0412. The number of rotatable bonds is 8. The van der Waals surface area contributed by atoms with E-state index in [4.69, 9.17) is 9.84 Å². The molecule has 5 nitrogen and oxygen atoms in total. The van der Waals surface area contributed by atoms with E-state index in [0.29, 0.717) is 25.7 Å².